The predicted octanol–water partition coefficient (Wildman–Crippen LogP) is 4.47. The zero-order valence-electron chi connectivity index (χ0n) is 19.5. The molecule has 1 heterocycles. The molecule has 0 saturated carbocycles. The molecule has 0 radical (unpaired) electrons. The van der Waals surface area contributed by atoms with E-state index >= 15 is 0 Å². The fraction of sp³-hybridized carbons (Fsp3) is 0.308. The predicted molar refractivity (Wildman–Crippen MR) is 133 cm³/mol. The van der Waals surface area contributed by atoms with Gasteiger partial charge in [0, 0.05) is 10.8 Å². The molecular weight excluding hydrogens is 466 g/mol. The molecule has 2 aromatic carbocycles. The van der Waals surface area contributed by atoms with Crippen molar-refractivity contribution in [1.29, 1.82) is 0 Å². The summed E-state index contributed by atoms with van der Waals surface area (Å²) in [6.07, 6.45) is 0.392. The number of carboxylic acids is 1. The van der Waals surface area contributed by atoms with Crippen LogP contribution >= 0.6 is 11.3 Å². The lowest BCUT2D eigenvalue weighted by molar-refractivity contribution is -0.139. The average molecular weight is 494 g/mol. The minimum atomic E-state index is -1.08. The summed E-state index contributed by atoms with van der Waals surface area (Å²) in [5.74, 6) is -1.65. The molecule has 1 aromatic heterocycles. The van der Waals surface area contributed by atoms with Crippen molar-refractivity contribution in [3.63, 3.8) is 0 Å². The van der Waals surface area contributed by atoms with E-state index in [2.05, 4.69) is 39.9 Å². The molecule has 8 nitrogen and oxygen atoms in total. The van der Waals surface area contributed by atoms with Gasteiger partial charge in [-0.15, -0.1) is 11.3 Å². The maximum absolute atomic E-state index is 12.5. The monoisotopic (exact) mass is 493 g/mol. The van der Waals surface area contributed by atoms with Crippen LogP contribution in [0, 0.1) is 6.92 Å². The van der Waals surface area contributed by atoms with E-state index in [0.29, 0.717) is 22.7 Å². The highest BCUT2D eigenvalue weighted by molar-refractivity contribution is 7.11. The summed E-state index contributed by atoms with van der Waals surface area (Å²) in [6.45, 7) is 3.90. The SMILES string of the molecule is CCC[C@@H](NC(=O)c1nc(CNC(=O)OCC2c3ccccc3-c3ccccc32)sc1C)C(=O)O. The number of hydrogen-bond donors (Lipinski definition) is 3. The number of nitrogens with one attached hydrogen (secondary N) is 2. The Morgan fingerprint density at radius 3 is 2.31 bits per heavy atom. The second kappa shape index (κ2) is 10.7. The minimum absolute atomic E-state index is 0.0316. The fourth-order valence-corrected chi connectivity index (χ4v) is 5.18. The second-order valence-electron chi connectivity index (χ2n) is 8.34. The minimum Gasteiger partial charge on any atom is -0.480 e. The van der Waals surface area contributed by atoms with Gasteiger partial charge >= 0.3 is 12.1 Å². The normalized spacial score (nSPS) is 13.0. The van der Waals surface area contributed by atoms with E-state index in [1.165, 1.54) is 11.3 Å². The highest BCUT2D eigenvalue weighted by Gasteiger charge is 2.29. The number of hydrogen-bond acceptors (Lipinski definition) is 6. The van der Waals surface area contributed by atoms with Crippen molar-refractivity contribution < 1.29 is 24.2 Å². The highest BCUT2D eigenvalue weighted by atomic mass is 32.1. The summed E-state index contributed by atoms with van der Waals surface area (Å²) in [7, 11) is 0. The molecule has 0 spiro atoms. The lowest BCUT2D eigenvalue weighted by Crippen LogP contribution is -2.41. The van der Waals surface area contributed by atoms with Gasteiger partial charge in [-0.3, -0.25) is 4.79 Å². The number of carbonyl (C=O) groups excluding carboxylic acids is 2. The molecule has 0 unspecified atom stereocenters. The van der Waals surface area contributed by atoms with E-state index in [-0.39, 0.29) is 24.8 Å². The van der Waals surface area contributed by atoms with Crippen LogP contribution < -0.4 is 10.6 Å². The molecule has 3 N–H and O–H groups in total. The summed E-state index contributed by atoms with van der Waals surface area (Å²) in [5.41, 5.74) is 4.75. The fourth-order valence-electron chi connectivity index (χ4n) is 4.31. The van der Waals surface area contributed by atoms with Gasteiger partial charge in [0.15, 0.2) is 0 Å². The summed E-state index contributed by atoms with van der Waals surface area (Å²) >= 11 is 1.27. The van der Waals surface area contributed by atoms with E-state index < -0.39 is 24.0 Å². The van der Waals surface area contributed by atoms with Crippen molar-refractivity contribution in [3.05, 3.63) is 75.2 Å². The first-order valence-electron chi connectivity index (χ1n) is 11.5. The lowest BCUT2D eigenvalue weighted by atomic mass is 9.98. The van der Waals surface area contributed by atoms with E-state index in [1.54, 1.807) is 6.92 Å². The quantitative estimate of drug-likeness (QED) is 0.405. The number of carbonyl (C=O) groups is 3. The first-order chi connectivity index (χ1) is 16.9. The Morgan fingerprint density at radius 2 is 1.71 bits per heavy atom. The summed E-state index contributed by atoms with van der Waals surface area (Å²) in [5, 5.41) is 15.0. The largest absolute Gasteiger partial charge is 0.480 e. The molecule has 1 aliphatic carbocycles. The van der Waals surface area contributed by atoms with Crippen molar-refractivity contribution in [2.75, 3.05) is 6.61 Å². The smallest absolute Gasteiger partial charge is 0.407 e. The number of carboxylic acid groups (broad SMARTS) is 1. The van der Waals surface area contributed by atoms with Crippen LogP contribution in [0.25, 0.3) is 11.1 Å². The number of amides is 2. The molecule has 3 aromatic rings. The zero-order chi connectivity index (χ0) is 24.9. The third-order valence-electron chi connectivity index (χ3n) is 5.96. The number of ether oxygens (including phenoxy) is 1. The molecule has 1 atom stereocenters. The standard InChI is InChI=1S/C26H27N3O5S/c1-3-8-21(25(31)32)28-24(30)23-15(2)35-22(29-23)13-27-26(33)34-14-20-18-11-6-4-9-16(18)17-10-5-7-12-19(17)20/h4-7,9-12,20-21H,3,8,13-14H2,1-2H3,(H,27,33)(H,28,30)(H,31,32)/t21-/m1/s1. The Morgan fingerprint density at radius 1 is 1.09 bits per heavy atom. The number of benzene rings is 2. The third-order valence-corrected chi connectivity index (χ3v) is 6.94. The maximum atomic E-state index is 12.5. The molecule has 0 aliphatic heterocycles. The first kappa shape index (κ1) is 24.4. The maximum Gasteiger partial charge on any atom is 0.407 e. The van der Waals surface area contributed by atoms with Crippen molar-refractivity contribution >= 4 is 29.3 Å². The number of aryl methyl sites for hydroxylation is 1. The van der Waals surface area contributed by atoms with Gasteiger partial charge in [-0.25, -0.2) is 14.6 Å². The molecule has 2 amide bonds. The van der Waals surface area contributed by atoms with Gasteiger partial charge < -0.3 is 20.5 Å². The first-order valence-corrected chi connectivity index (χ1v) is 12.3. The Balaban J connectivity index is 1.34. The van der Waals surface area contributed by atoms with Gasteiger partial charge in [-0.2, -0.15) is 0 Å². The van der Waals surface area contributed by atoms with Gasteiger partial charge in [-0.05, 0) is 35.6 Å². The molecule has 0 fully saturated rings. The van der Waals surface area contributed by atoms with Crippen LogP contribution in [0.15, 0.2) is 48.5 Å². The topological polar surface area (TPSA) is 118 Å². The van der Waals surface area contributed by atoms with Crippen molar-refractivity contribution in [2.24, 2.45) is 0 Å². The number of fused-ring (bicyclic) bond motifs is 3. The van der Waals surface area contributed by atoms with E-state index in [1.807, 2.05) is 31.2 Å². The zero-order valence-corrected chi connectivity index (χ0v) is 20.4. The molecule has 182 valence electrons. The van der Waals surface area contributed by atoms with Crippen LogP contribution in [0.3, 0.4) is 0 Å². The average Bonchev–Trinajstić information content (AvgIpc) is 3.38. The van der Waals surface area contributed by atoms with Crippen LogP contribution in [-0.2, 0) is 16.1 Å². The lowest BCUT2D eigenvalue weighted by Gasteiger charge is -2.14. The molecule has 0 bridgehead atoms. The molecule has 35 heavy (non-hydrogen) atoms. The van der Waals surface area contributed by atoms with Gasteiger partial charge in [-0.1, -0.05) is 61.9 Å². The van der Waals surface area contributed by atoms with Crippen molar-refractivity contribution in [1.82, 2.24) is 15.6 Å². The van der Waals surface area contributed by atoms with Crippen LogP contribution in [0.4, 0.5) is 4.79 Å². The second-order valence-corrected chi connectivity index (χ2v) is 9.63. The molecule has 1 aliphatic rings. The summed E-state index contributed by atoms with van der Waals surface area (Å²) < 4.78 is 5.53. The van der Waals surface area contributed by atoms with E-state index in [0.717, 1.165) is 22.3 Å². The highest BCUT2D eigenvalue weighted by Crippen LogP contribution is 2.44. The van der Waals surface area contributed by atoms with Crippen LogP contribution in [0.5, 0.6) is 0 Å². The van der Waals surface area contributed by atoms with Crippen LogP contribution in [0.1, 0.15) is 57.2 Å². The molecule has 9 heteroatoms. The number of aromatic nitrogens is 1. The Bertz CT molecular complexity index is 1210. The van der Waals surface area contributed by atoms with Gasteiger partial charge in [0.05, 0.1) is 6.54 Å². The Labute approximate surface area is 207 Å². The third kappa shape index (κ3) is 5.35. The van der Waals surface area contributed by atoms with Gasteiger partial charge in [0.1, 0.15) is 23.4 Å². The Kier molecular flexibility index (Phi) is 7.45. The Hall–Kier alpha value is -3.72. The van der Waals surface area contributed by atoms with Crippen LogP contribution in [0.2, 0.25) is 0 Å². The van der Waals surface area contributed by atoms with Gasteiger partial charge in [0.2, 0.25) is 0 Å². The summed E-state index contributed by atoms with van der Waals surface area (Å²) in [6, 6.07) is 15.3. The van der Waals surface area contributed by atoms with E-state index in [9.17, 15) is 19.5 Å². The number of rotatable bonds is 9. The number of thiazole rings is 1. The molecule has 0 saturated heterocycles. The van der Waals surface area contributed by atoms with Crippen molar-refractivity contribution in [2.45, 2.75) is 45.2 Å². The summed E-state index contributed by atoms with van der Waals surface area (Å²) in [4.78, 5) is 41.2. The van der Waals surface area contributed by atoms with Gasteiger partial charge in [0.25, 0.3) is 5.91 Å². The van der Waals surface area contributed by atoms with E-state index in [4.69, 9.17) is 4.74 Å². The molecule has 4 rings (SSSR count). The number of alkyl carbamates (subject to hydrolysis) is 1. The number of aliphatic carboxylic acids is 1. The van der Waals surface area contributed by atoms with Crippen molar-refractivity contribution in [3.8, 4) is 11.1 Å². The number of nitrogens with zero attached hydrogens (tertiary/aromatic N) is 1. The van der Waals surface area contributed by atoms with Crippen LogP contribution in [-0.4, -0.2) is 40.7 Å². The molecular formula is C26H27N3O5S.